The second-order valence-electron chi connectivity index (χ2n) is 6.65. The number of hydrogen-bond donors (Lipinski definition) is 0. The van der Waals surface area contributed by atoms with E-state index in [9.17, 15) is 9.18 Å². The van der Waals surface area contributed by atoms with Crippen LogP contribution in [0.1, 0.15) is 28.7 Å². The fourth-order valence-corrected chi connectivity index (χ4v) is 3.14. The third-order valence-corrected chi connectivity index (χ3v) is 4.54. The number of nitrogens with zero attached hydrogens (tertiary/aromatic N) is 6. The van der Waals surface area contributed by atoms with E-state index in [2.05, 4.69) is 29.7 Å². The molecule has 4 aromatic rings. The van der Waals surface area contributed by atoms with Gasteiger partial charge in [0.15, 0.2) is 5.65 Å². The van der Waals surface area contributed by atoms with E-state index >= 15 is 0 Å². The van der Waals surface area contributed by atoms with Crippen LogP contribution in [-0.2, 0) is 11.3 Å². The minimum atomic E-state index is -0.518. The van der Waals surface area contributed by atoms with Crippen molar-refractivity contribution in [3.63, 3.8) is 0 Å². The van der Waals surface area contributed by atoms with Gasteiger partial charge in [0.05, 0.1) is 32.2 Å². The summed E-state index contributed by atoms with van der Waals surface area (Å²) in [4.78, 5) is 33.3. The summed E-state index contributed by atoms with van der Waals surface area (Å²) in [5, 5.41) is 0. The number of hydrogen-bond acceptors (Lipinski definition) is 8. The van der Waals surface area contributed by atoms with E-state index in [0.717, 1.165) is 11.8 Å². The van der Waals surface area contributed by atoms with E-state index in [1.54, 1.807) is 18.3 Å². The fraction of sp³-hybridized carbons (Fsp3) is 0.238. The van der Waals surface area contributed by atoms with Crippen LogP contribution in [0.3, 0.4) is 0 Å². The van der Waals surface area contributed by atoms with Gasteiger partial charge in [0.2, 0.25) is 0 Å². The molecule has 0 fully saturated rings. The van der Waals surface area contributed by atoms with Crippen LogP contribution in [0.25, 0.3) is 22.6 Å². The highest BCUT2D eigenvalue weighted by atomic mass is 19.1. The predicted octanol–water partition coefficient (Wildman–Crippen LogP) is 2.96. The topological polar surface area (TPSA) is 105 Å². The molecule has 0 spiro atoms. The molecular formula is C21H19FN6O3. The summed E-state index contributed by atoms with van der Waals surface area (Å²) in [6.07, 6.45) is 4.24. The third-order valence-electron chi connectivity index (χ3n) is 4.54. The number of fused-ring (bicyclic) bond motifs is 1. The van der Waals surface area contributed by atoms with E-state index < -0.39 is 11.8 Å². The lowest BCUT2D eigenvalue weighted by Gasteiger charge is -2.10. The van der Waals surface area contributed by atoms with Gasteiger partial charge in [0, 0.05) is 18.0 Å². The number of halogens is 1. The molecule has 0 aromatic carbocycles. The zero-order valence-corrected chi connectivity index (χ0v) is 17.2. The van der Waals surface area contributed by atoms with E-state index in [0.29, 0.717) is 41.4 Å². The summed E-state index contributed by atoms with van der Waals surface area (Å²) in [6.45, 7) is 4.39. The second-order valence-corrected chi connectivity index (χ2v) is 6.65. The van der Waals surface area contributed by atoms with Gasteiger partial charge in [-0.15, -0.1) is 0 Å². The summed E-state index contributed by atoms with van der Waals surface area (Å²) in [5.41, 5.74) is 3.22. The first-order valence-corrected chi connectivity index (χ1v) is 9.52. The molecule has 158 valence electrons. The molecule has 0 aliphatic rings. The van der Waals surface area contributed by atoms with Crippen LogP contribution in [0, 0.1) is 12.7 Å². The Morgan fingerprint density at radius 1 is 1.16 bits per heavy atom. The van der Waals surface area contributed by atoms with Crippen molar-refractivity contribution in [1.29, 1.82) is 0 Å². The summed E-state index contributed by atoms with van der Waals surface area (Å²) in [5.74, 6) is -0.515. The van der Waals surface area contributed by atoms with Gasteiger partial charge in [-0.2, -0.15) is 9.97 Å². The molecule has 0 aliphatic heterocycles. The van der Waals surface area contributed by atoms with Gasteiger partial charge in [0.1, 0.15) is 22.9 Å². The van der Waals surface area contributed by atoms with Gasteiger partial charge in [-0.05, 0) is 31.5 Å². The molecular weight excluding hydrogens is 403 g/mol. The highest BCUT2D eigenvalue weighted by Gasteiger charge is 2.19. The molecule has 0 atom stereocenters. The Morgan fingerprint density at radius 3 is 2.68 bits per heavy atom. The molecule has 9 nitrogen and oxygen atoms in total. The van der Waals surface area contributed by atoms with Crippen molar-refractivity contribution in [2.75, 3.05) is 13.7 Å². The molecule has 0 aliphatic carbocycles. The van der Waals surface area contributed by atoms with Gasteiger partial charge in [-0.25, -0.2) is 19.2 Å². The Bertz CT molecular complexity index is 1260. The summed E-state index contributed by atoms with van der Waals surface area (Å²) in [7, 11) is 1.30. The molecule has 0 radical (unpaired) electrons. The number of aryl methyl sites for hydroxylation is 1. The van der Waals surface area contributed by atoms with Crippen LogP contribution >= 0.6 is 0 Å². The first-order chi connectivity index (χ1) is 15.0. The first kappa shape index (κ1) is 20.3. The Labute approximate surface area is 176 Å². The van der Waals surface area contributed by atoms with Gasteiger partial charge in [-0.3, -0.25) is 4.98 Å². The molecule has 4 heterocycles. The smallest absolute Gasteiger partial charge is 0.356 e. The normalized spacial score (nSPS) is 11.0. The van der Waals surface area contributed by atoms with Crippen molar-refractivity contribution in [2.24, 2.45) is 0 Å². The lowest BCUT2D eigenvalue weighted by Crippen LogP contribution is -2.08. The highest BCUT2D eigenvalue weighted by molar-refractivity contribution is 5.87. The summed E-state index contributed by atoms with van der Waals surface area (Å²) in [6, 6.07) is 4.93. The molecule has 0 amide bonds. The van der Waals surface area contributed by atoms with Crippen LogP contribution in [0.4, 0.5) is 4.39 Å². The van der Waals surface area contributed by atoms with Crippen LogP contribution in [0.15, 0.2) is 36.8 Å². The molecule has 0 bridgehead atoms. The van der Waals surface area contributed by atoms with Crippen LogP contribution in [0.5, 0.6) is 6.01 Å². The number of ether oxygens (including phenoxy) is 2. The molecule has 31 heavy (non-hydrogen) atoms. The first-order valence-electron chi connectivity index (χ1n) is 9.52. The molecule has 10 heteroatoms. The average molecular weight is 422 g/mol. The Kier molecular flexibility index (Phi) is 5.52. The zero-order chi connectivity index (χ0) is 22.0. The minimum absolute atomic E-state index is 0.202. The van der Waals surface area contributed by atoms with E-state index in [1.807, 2.05) is 18.4 Å². The second kappa shape index (κ2) is 8.42. The third kappa shape index (κ3) is 4.04. The summed E-state index contributed by atoms with van der Waals surface area (Å²) < 4.78 is 25.9. The van der Waals surface area contributed by atoms with Crippen molar-refractivity contribution >= 4 is 17.1 Å². The molecule has 0 saturated heterocycles. The summed E-state index contributed by atoms with van der Waals surface area (Å²) >= 11 is 0. The number of aromatic nitrogens is 6. The van der Waals surface area contributed by atoms with Crippen molar-refractivity contribution in [3.8, 4) is 17.4 Å². The lowest BCUT2D eigenvalue weighted by atomic mass is 10.2. The van der Waals surface area contributed by atoms with Crippen molar-refractivity contribution in [3.05, 3.63) is 59.6 Å². The largest absolute Gasteiger partial charge is 0.464 e. The zero-order valence-electron chi connectivity index (χ0n) is 17.2. The average Bonchev–Trinajstić information content (AvgIpc) is 3.13. The number of carbonyl (C=O) groups excluding carboxylic acids is 1. The molecule has 0 N–H and O–H groups in total. The number of esters is 1. The molecule has 0 saturated carbocycles. The number of imidazole rings is 1. The number of carbonyl (C=O) groups is 1. The van der Waals surface area contributed by atoms with E-state index in [1.165, 1.54) is 19.4 Å². The maximum absolute atomic E-state index is 13.9. The quantitative estimate of drug-likeness (QED) is 0.437. The van der Waals surface area contributed by atoms with Crippen molar-refractivity contribution < 1.29 is 18.7 Å². The highest BCUT2D eigenvalue weighted by Crippen LogP contribution is 2.27. The van der Waals surface area contributed by atoms with Gasteiger partial charge >= 0.3 is 12.0 Å². The fourth-order valence-electron chi connectivity index (χ4n) is 3.14. The van der Waals surface area contributed by atoms with E-state index in [-0.39, 0.29) is 11.7 Å². The Morgan fingerprint density at radius 2 is 2.00 bits per heavy atom. The van der Waals surface area contributed by atoms with Crippen LogP contribution in [0.2, 0.25) is 0 Å². The van der Waals surface area contributed by atoms with Gasteiger partial charge < -0.3 is 14.0 Å². The number of rotatable bonds is 6. The van der Waals surface area contributed by atoms with Crippen molar-refractivity contribution in [2.45, 2.75) is 20.4 Å². The SMILES string of the molecule is CCOc1nc(C)c2nc(-c3cncc(F)c3)n(Cc3ccc(C(=O)OC)nc3)c2n1. The molecule has 0 unspecified atom stereocenters. The van der Waals surface area contributed by atoms with Gasteiger partial charge in [-0.1, -0.05) is 6.07 Å². The molecule has 4 rings (SSSR count). The Hall–Kier alpha value is -3.95. The standard InChI is InChI=1S/C21H19FN6O3/c1-4-31-21-25-12(2)17-19(27-21)28(18(26-17)14-7-15(22)10-23-9-14)11-13-5-6-16(24-8-13)20(29)30-3/h5-10H,4,11H2,1-3H3. The monoisotopic (exact) mass is 422 g/mol. The Balaban J connectivity index is 1.86. The number of methoxy groups -OCH3 is 1. The van der Waals surface area contributed by atoms with Crippen LogP contribution in [-0.4, -0.2) is 49.2 Å². The van der Waals surface area contributed by atoms with Gasteiger partial charge in [0.25, 0.3) is 0 Å². The minimum Gasteiger partial charge on any atom is -0.464 e. The lowest BCUT2D eigenvalue weighted by molar-refractivity contribution is 0.0594. The predicted molar refractivity (Wildman–Crippen MR) is 109 cm³/mol. The maximum Gasteiger partial charge on any atom is 0.356 e. The van der Waals surface area contributed by atoms with E-state index in [4.69, 9.17) is 4.74 Å². The van der Waals surface area contributed by atoms with Crippen molar-refractivity contribution in [1.82, 2.24) is 29.5 Å². The maximum atomic E-state index is 13.9. The molecule has 4 aromatic heterocycles. The van der Waals surface area contributed by atoms with Crippen LogP contribution < -0.4 is 4.74 Å². The number of pyridine rings is 2.